The Balaban J connectivity index is 2.72. The molecule has 0 bridgehead atoms. The van der Waals surface area contributed by atoms with Gasteiger partial charge in [-0.1, -0.05) is 0 Å². The fourth-order valence-corrected chi connectivity index (χ4v) is 0.641. The van der Waals surface area contributed by atoms with Crippen molar-refractivity contribution in [3.63, 3.8) is 0 Å². The Kier molecular flexibility index (Phi) is 2.00. The number of nitrogens with zero attached hydrogens (tertiary/aromatic N) is 1. The molecule has 1 rings (SSSR count). The summed E-state index contributed by atoms with van der Waals surface area (Å²) in [6, 6.07) is 1.45. The highest BCUT2D eigenvalue weighted by Gasteiger charge is 1.99. The lowest BCUT2D eigenvalue weighted by molar-refractivity contribution is -0.114. The zero-order valence-electron chi connectivity index (χ0n) is 5.92. The normalized spacial score (nSPS) is 9.18. The summed E-state index contributed by atoms with van der Waals surface area (Å²) in [6.45, 7) is 1.37. The fraction of sp³-hybridized carbons (Fsp3) is 0.167. The van der Waals surface area contributed by atoms with Crippen LogP contribution in [0.2, 0.25) is 0 Å². The summed E-state index contributed by atoms with van der Waals surface area (Å²) in [5.74, 6) is 0.147. The van der Waals surface area contributed by atoms with Gasteiger partial charge >= 0.3 is 0 Å². The number of nitrogens with one attached hydrogen (secondary N) is 2. The number of rotatable bonds is 2. The van der Waals surface area contributed by atoms with Gasteiger partial charge in [-0.15, -0.1) is 0 Å². The lowest BCUT2D eigenvalue weighted by Gasteiger charge is -1.91. The first-order valence-corrected chi connectivity index (χ1v) is 3.00. The van der Waals surface area contributed by atoms with E-state index < -0.39 is 0 Å². The van der Waals surface area contributed by atoms with Gasteiger partial charge < -0.3 is 5.32 Å². The SMILES string of the molecule is CC(=O)Nc1cc(C=O)[nH]n1. The predicted molar refractivity (Wildman–Crippen MR) is 38.3 cm³/mol. The summed E-state index contributed by atoms with van der Waals surface area (Å²) >= 11 is 0. The Morgan fingerprint density at radius 2 is 2.55 bits per heavy atom. The smallest absolute Gasteiger partial charge is 0.222 e. The van der Waals surface area contributed by atoms with Crippen molar-refractivity contribution in [2.45, 2.75) is 6.92 Å². The van der Waals surface area contributed by atoms with Gasteiger partial charge in [0, 0.05) is 13.0 Å². The first-order valence-electron chi connectivity index (χ1n) is 3.00. The Bertz CT molecular complexity index is 279. The molecule has 1 aromatic heterocycles. The van der Waals surface area contributed by atoms with Crippen molar-refractivity contribution in [1.82, 2.24) is 10.2 Å². The topological polar surface area (TPSA) is 74.8 Å². The van der Waals surface area contributed by atoms with E-state index in [1.54, 1.807) is 0 Å². The molecule has 0 unspecified atom stereocenters. The predicted octanol–water partition coefficient (Wildman–Crippen LogP) is 0.181. The van der Waals surface area contributed by atoms with Crippen LogP contribution in [-0.4, -0.2) is 22.4 Å². The van der Waals surface area contributed by atoms with Crippen LogP contribution in [0.1, 0.15) is 17.4 Å². The van der Waals surface area contributed by atoms with E-state index in [-0.39, 0.29) is 5.91 Å². The van der Waals surface area contributed by atoms with Crippen LogP contribution < -0.4 is 5.32 Å². The molecular formula is C6H7N3O2. The molecule has 0 aromatic carbocycles. The van der Waals surface area contributed by atoms with Gasteiger partial charge in [0.1, 0.15) is 0 Å². The van der Waals surface area contributed by atoms with Gasteiger partial charge in [-0.2, -0.15) is 5.10 Å². The van der Waals surface area contributed by atoms with E-state index >= 15 is 0 Å². The number of H-pyrrole nitrogens is 1. The average molecular weight is 153 g/mol. The molecule has 5 nitrogen and oxygen atoms in total. The zero-order valence-corrected chi connectivity index (χ0v) is 5.92. The molecule has 11 heavy (non-hydrogen) atoms. The van der Waals surface area contributed by atoms with E-state index in [9.17, 15) is 9.59 Å². The number of carbonyl (C=O) groups is 2. The molecule has 58 valence electrons. The minimum atomic E-state index is -0.214. The van der Waals surface area contributed by atoms with Gasteiger partial charge in [0.05, 0.1) is 5.69 Å². The molecule has 0 spiro atoms. The van der Waals surface area contributed by atoms with Crippen molar-refractivity contribution in [1.29, 1.82) is 0 Å². The molecule has 0 aliphatic heterocycles. The summed E-state index contributed by atoms with van der Waals surface area (Å²) in [6.07, 6.45) is 0.623. The highest BCUT2D eigenvalue weighted by molar-refractivity contribution is 5.88. The molecule has 1 amide bonds. The second-order valence-corrected chi connectivity index (χ2v) is 2.01. The van der Waals surface area contributed by atoms with Crippen LogP contribution in [0.3, 0.4) is 0 Å². The summed E-state index contributed by atoms with van der Waals surface area (Å²) < 4.78 is 0. The number of amides is 1. The number of hydrogen-bond donors (Lipinski definition) is 2. The number of anilines is 1. The number of aromatic amines is 1. The van der Waals surface area contributed by atoms with Crippen LogP contribution in [0, 0.1) is 0 Å². The van der Waals surface area contributed by atoms with Gasteiger partial charge in [0.15, 0.2) is 12.1 Å². The maximum absolute atomic E-state index is 10.5. The van der Waals surface area contributed by atoms with Crippen LogP contribution >= 0.6 is 0 Å². The third kappa shape index (κ3) is 1.89. The fourth-order valence-electron chi connectivity index (χ4n) is 0.641. The highest BCUT2D eigenvalue weighted by Crippen LogP contribution is 2.01. The Morgan fingerprint density at radius 1 is 1.82 bits per heavy atom. The quantitative estimate of drug-likeness (QED) is 0.595. The molecule has 2 N–H and O–H groups in total. The van der Waals surface area contributed by atoms with E-state index in [4.69, 9.17) is 0 Å². The summed E-state index contributed by atoms with van der Waals surface area (Å²) in [4.78, 5) is 20.6. The van der Waals surface area contributed by atoms with E-state index in [2.05, 4.69) is 15.5 Å². The maximum Gasteiger partial charge on any atom is 0.222 e. The van der Waals surface area contributed by atoms with Crippen LogP contribution in [0.25, 0.3) is 0 Å². The molecule has 1 aromatic rings. The average Bonchev–Trinajstić information content (AvgIpc) is 2.34. The van der Waals surface area contributed by atoms with E-state index in [1.807, 2.05) is 0 Å². The lowest BCUT2D eigenvalue weighted by atomic mass is 10.4. The van der Waals surface area contributed by atoms with Gasteiger partial charge in [0.2, 0.25) is 5.91 Å². The molecule has 0 aliphatic rings. The van der Waals surface area contributed by atoms with Crippen LogP contribution in [0.15, 0.2) is 6.07 Å². The largest absolute Gasteiger partial charge is 0.309 e. The Morgan fingerprint density at radius 3 is 3.00 bits per heavy atom. The third-order valence-electron chi connectivity index (χ3n) is 1.03. The second-order valence-electron chi connectivity index (χ2n) is 2.01. The lowest BCUT2D eigenvalue weighted by Crippen LogP contribution is -2.05. The van der Waals surface area contributed by atoms with Gasteiger partial charge in [-0.25, -0.2) is 0 Å². The van der Waals surface area contributed by atoms with E-state index in [1.165, 1.54) is 13.0 Å². The van der Waals surface area contributed by atoms with Gasteiger partial charge in [-0.05, 0) is 0 Å². The van der Waals surface area contributed by atoms with Crippen molar-refractivity contribution >= 4 is 18.0 Å². The van der Waals surface area contributed by atoms with Crippen LogP contribution in [0.5, 0.6) is 0 Å². The molecule has 0 atom stereocenters. The molecular weight excluding hydrogens is 146 g/mol. The second kappa shape index (κ2) is 2.96. The third-order valence-corrected chi connectivity index (χ3v) is 1.03. The van der Waals surface area contributed by atoms with Gasteiger partial charge in [-0.3, -0.25) is 14.7 Å². The van der Waals surface area contributed by atoms with E-state index in [0.29, 0.717) is 17.8 Å². The summed E-state index contributed by atoms with van der Waals surface area (Å²) in [7, 11) is 0. The highest BCUT2D eigenvalue weighted by atomic mass is 16.1. The van der Waals surface area contributed by atoms with Crippen molar-refractivity contribution < 1.29 is 9.59 Å². The first-order chi connectivity index (χ1) is 5.22. The monoisotopic (exact) mass is 153 g/mol. The summed E-state index contributed by atoms with van der Waals surface area (Å²) in [5, 5.41) is 8.49. The van der Waals surface area contributed by atoms with E-state index in [0.717, 1.165) is 0 Å². The van der Waals surface area contributed by atoms with Crippen molar-refractivity contribution in [3.05, 3.63) is 11.8 Å². The van der Waals surface area contributed by atoms with Crippen LogP contribution in [-0.2, 0) is 4.79 Å². The summed E-state index contributed by atoms with van der Waals surface area (Å²) in [5.41, 5.74) is 0.341. The van der Waals surface area contributed by atoms with Crippen LogP contribution in [0.4, 0.5) is 5.82 Å². The molecule has 1 heterocycles. The number of aldehydes is 1. The van der Waals surface area contributed by atoms with Gasteiger partial charge in [0.25, 0.3) is 0 Å². The zero-order chi connectivity index (χ0) is 8.27. The molecule has 0 saturated heterocycles. The number of carbonyl (C=O) groups excluding carboxylic acids is 2. The molecule has 0 radical (unpaired) electrons. The number of aromatic nitrogens is 2. The first kappa shape index (κ1) is 7.46. The number of hydrogen-bond acceptors (Lipinski definition) is 3. The minimum absolute atomic E-state index is 0.214. The molecule has 0 fully saturated rings. The molecule has 0 saturated carbocycles. The Labute approximate surface area is 62.8 Å². The maximum atomic E-state index is 10.5. The Hall–Kier alpha value is -1.65. The molecule has 0 aliphatic carbocycles. The van der Waals surface area contributed by atoms with Crippen molar-refractivity contribution in [2.24, 2.45) is 0 Å². The van der Waals surface area contributed by atoms with Crippen molar-refractivity contribution in [3.8, 4) is 0 Å². The standard InChI is InChI=1S/C6H7N3O2/c1-4(11)7-6-2-5(3-10)8-9-6/h2-3H,1H3,(H2,7,8,9,11). The molecule has 5 heteroatoms. The minimum Gasteiger partial charge on any atom is -0.309 e. The van der Waals surface area contributed by atoms with Crippen molar-refractivity contribution in [2.75, 3.05) is 5.32 Å².